The van der Waals surface area contributed by atoms with Gasteiger partial charge in [-0.25, -0.2) is 0 Å². The van der Waals surface area contributed by atoms with Crippen molar-refractivity contribution in [1.29, 1.82) is 0 Å². The number of para-hydroxylation sites is 1. The van der Waals surface area contributed by atoms with E-state index in [4.69, 9.17) is 5.73 Å². The van der Waals surface area contributed by atoms with Gasteiger partial charge in [0.2, 0.25) is 5.91 Å². The van der Waals surface area contributed by atoms with Crippen LogP contribution in [0.15, 0.2) is 24.3 Å². The van der Waals surface area contributed by atoms with E-state index in [0.29, 0.717) is 19.5 Å². The molecule has 1 amide bonds. The molecule has 0 bridgehead atoms. The van der Waals surface area contributed by atoms with Gasteiger partial charge in [-0.3, -0.25) is 4.79 Å². The fourth-order valence-corrected chi connectivity index (χ4v) is 1.81. The van der Waals surface area contributed by atoms with Crippen LogP contribution in [0.2, 0.25) is 0 Å². The Kier molecular flexibility index (Phi) is 4.99. The predicted molar refractivity (Wildman–Crippen MR) is 67.5 cm³/mol. The second kappa shape index (κ2) is 6.28. The maximum atomic E-state index is 11.9. The molecule has 1 aromatic rings. The summed E-state index contributed by atoms with van der Waals surface area (Å²) >= 11 is 0. The van der Waals surface area contributed by atoms with Crippen molar-refractivity contribution in [2.45, 2.75) is 26.7 Å². The van der Waals surface area contributed by atoms with Gasteiger partial charge in [0.1, 0.15) is 0 Å². The Bertz CT molecular complexity index is 350. The van der Waals surface area contributed by atoms with Crippen molar-refractivity contribution in [2.75, 3.05) is 18.0 Å². The van der Waals surface area contributed by atoms with Gasteiger partial charge >= 0.3 is 0 Å². The van der Waals surface area contributed by atoms with E-state index >= 15 is 0 Å². The lowest BCUT2D eigenvalue weighted by molar-refractivity contribution is -0.118. The van der Waals surface area contributed by atoms with Crippen LogP contribution >= 0.6 is 0 Å². The molecule has 0 heterocycles. The highest BCUT2D eigenvalue weighted by Gasteiger charge is 2.14. The lowest BCUT2D eigenvalue weighted by Gasteiger charge is -2.23. The van der Waals surface area contributed by atoms with Crippen molar-refractivity contribution in [2.24, 2.45) is 5.73 Å². The van der Waals surface area contributed by atoms with Crippen molar-refractivity contribution in [3.8, 4) is 0 Å². The van der Waals surface area contributed by atoms with Crippen LogP contribution in [0.3, 0.4) is 0 Å². The number of anilines is 1. The van der Waals surface area contributed by atoms with Gasteiger partial charge in [0.15, 0.2) is 0 Å². The zero-order valence-electron chi connectivity index (χ0n) is 10.1. The van der Waals surface area contributed by atoms with Crippen LogP contribution < -0.4 is 10.6 Å². The number of carbonyl (C=O) groups excluding carboxylic acids is 1. The molecule has 0 aromatic heterocycles. The van der Waals surface area contributed by atoms with E-state index in [0.717, 1.165) is 12.1 Å². The summed E-state index contributed by atoms with van der Waals surface area (Å²) in [6.07, 6.45) is 1.34. The molecule has 0 aliphatic heterocycles. The molecule has 1 rings (SSSR count). The maximum absolute atomic E-state index is 11.9. The minimum Gasteiger partial charge on any atom is -0.330 e. The van der Waals surface area contributed by atoms with E-state index < -0.39 is 0 Å². The van der Waals surface area contributed by atoms with Crippen molar-refractivity contribution < 1.29 is 4.79 Å². The van der Waals surface area contributed by atoms with Gasteiger partial charge in [0.05, 0.1) is 0 Å². The summed E-state index contributed by atoms with van der Waals surface area (Å²) in [7, 11) is 0. The molecule has 0 saturated heterocycles. The summed E-state index contributed by atoms with van der Waals surface area (Å²) in [4.78, 5) is 13.7. The minimum atomic E-state index is 0.103. The van der Waals surface area contributed by atoms with E-state index in [1.165, 1.54) is 5.56 Å². The number of nitrogens with zero attached hydrogens (tertiary/aromatic N) is 1. The topological polar surface area (TPSA) is 46.3 Å². The zero-order chi connectivity index (χ0) is 12.0. The van der Waals surface area contributed by atoms with E-state index in [1.807, 2.05) is 30.0 Å². The standard InChI is InChI=1S/C13H20N2O/c1-3-11-7-5-6-8-12(11)15(4-2)13(16)9-10-14/h5-8H,3-4,9-10,14H2,1-2H3. The second-order valence-electron chi connectivity index (χ2n) is 3.66. The van der Waals surface area contributed by atoms with Crippen molar-refractivity contribution >= 4 is 11.6 Å². The first-order valence-corrected chi connectivity index (χ1v) is 5.82. The molecule has 16 heavy (non-hydrogen) atoms. The first-order valence-electron chi connectivity index (χ1n) is 5.82. The SMILES string of the molecule is CCc1ccccc1N(CC)C(=O)CCN. The number of benzene rings is 1. The van der Waals surface area contributed by atoms with Crippen molar-refractivity contribution in [3.05, 3.63) is 29.8 Å². The first-order chi connectivity index (χ1) is 7.74. The van der Waals surface area contributed by atoms with Gasteiger partial charge in [-0.1, -0.05) is 25.1 Å². The smallest absolute Gasteiger partial charge is 0.228 e. The van der Waals surface area contributed by atoms with Crippen LogP contribution in [-0.2, 0) is 11.2 Å². The molecule has 1 aromatic carbocycles. The Morgan fingerprint density at radius 2 is 2.00 bits per heavy atom. The third kappa shape index (κ3) is 2.83. The quantitative estimate of drug-likeness (QED) is 0.824. The number of hydrogen-bond acceptors (Lipinski definition) is 2. The number of rotatable bonds is 5. The molecule has 0 atom stereocenters. The Labute approximate surface area is 97.2 Å². The monoisotopic (exact) mass is 220 g/mol. The number of aryl methyl sites for hydroxylation is 1. The second-order valence-corrected chi connectivity index (χ2v) is 3.66. The average Bonchev–Trinajstić information content (AvgIpc) is 2.31. The molecular formula is C13H20N2O. The summed E-state index contributed by atoms with van der Waals surface area (Å²) in [5.74, 6) is 0.103. The average molecular weight is 220 g/mol. The molecule has 88 valence electrons. The molecule has 0 spiro atoms. The number of nitrogens with two attached hydrogens (primary N) is 1. The molecule has 0 aliphatic carbocycles. The van der Waals surface area contributed by atoms with Gasteiger partial charge in [0, 0.05) is 25.2 Å². The third-order valence-corrected chi connectivity index (χ3v) is 2.64. The first kappa shape index (κ1) is 12.7. The number of amides is 1. The van der Waals surface area contributed by atoms with Gasteiger partial charge < -0.3 is 10.6 Å². The highest BCUT2D eigenvalue weighted by atomic mass is 16.2. The van der Waals surface area contributed by atoms with E-state index in [1.54, 1.807) is 0 Å². The zero-order valence-corrected chi connectivity index (χ0v) is 10.1. The van der Waals surface area contributed by atoms with E-state index in [-0.39, 0.29) is 5.91 Å². The highest BCUT2D eigenvalue weighted by molar-refractivity contribution is 5.94. The van der Waals surface area contributed by atoms with E-state index in [9.17, 15) is 4.79 Å². The molecule has 0 aliphatic rings. The Morgan fingerprint density at radius 3 is 2.56 bits per heavy atom. The van der Waals surface area contributed by atoms with Gasteiger partial charge in [-0.15, -0.1) is 0 Å². The molecule has 3 nitrogen and oxygen atoms in total. The molecule has 0 fully saturated rings. The molecule has 0 saturated carbocycles. The number of carbonyl (C=O) groups is 1. The minimum absolute atomic E-state index is 0.103. The molecule has 2 N–H and O–H groups in total. The maximum Gasteiger partial charge on any atom is 0.228 e. The Balaban J connectivity index is 2.98. The van der Waals surface area contributed by atoms with Crippen LogP contribution in [0.25, 0.3) is 0 Å². The Hall–Kier alpha value is -1.35. The molecule has 3 heteroatoms. The van der Waals surface area contributed by atoms with Crippen LogP contribution in [0.4, 0.5) is 5.69 Å². The highest BCUT2D eigenvalue weighted by Crippen LogP contribution is 2.21. The van der Waals surface area contributed by atoms with Gasteiger partial charge in [-0.05, 0) is 25.0 Å². The largest absolute Gasteiger partial charge is 0.330 e. The van der Waals surface area contributed by atoms with Crippen molar-refractivity contribution in [1.82, 2.24) is 0 Å². The Morgan fingerprint density at radius 1 is 1.31 bits per heavy atom. The summed E-state index contributed by atoms with van der Waals surface area (Å²) in [6.45, 7) is 5.18. The summed E-state index contributed by atoms with van der Waals surface area (Å²) < 4.78 is 0. The summed E-state index contributed by atoms with van der Waals surface area (Å²) in [5, 5.41) is 0. The molecule has 0 radical (unpaired) electrons. The summed E-state index contributed by atoms with van der Waals surface area (Å²) in [5.41, 5.74) is 7.65. The van der Waals surface area contributed by atoms with Gasteiger partial charge in [0.25, 0.3) is 0 Å². The van der Waals surface area contributed by atoms with Crippen LogP contribution in [0, 0.1) is 0 Å². The van der Waals surface area contributed by atoms with Gasteiger partial charge in [-0.2, -0.15) is 0 Å². The van der Waals surface area contributed by atoms with Crippen LogP contribution in [0.1, 0.15) is 25.8 Å². The van der Waals surface area contributed by atoms with Crippen LogP contribution in [0.5, 0.6) is 0 Å². The molecule has 0 unspecified atom stereocenters. The fraction of sp³-hybridized carbons (Fsp3) is 0.462. The van der Waals surface area contributed by atoms with Crippen LogP contribution in [-0.4, -0.2) is 19.0 Å². The van der Waals surface area contributed by atoms with E-state index in [2.05, 4.69) is 13.0 Å². The molecular weight excluding hydrogens is 200 g/mol. The fourth-order valence-electron chi connectivity index (χ4n) is 1.81. The normalized spacial score (nSPS) is 10.2. The lowest BCUT2D eigenvalue weighted by atomic mass is 10.1. The lowest BCUT2D eigenvalue weighted by Crippen LogP contribution is -2.32. The third-order valence-electron chi connectivity index (χ3n) is 2.64. The number of hydrogen-bond donors (Lipinski definition) is 1. The predicted octanol–water partition coefficient (Wildman–Crippen LogP) is 1.95. The van der Waals surface area contributed by atoms with Crippen molar-refractivity contribution in [3.63, 3.8) is 0 Å². The summed E-state index contributed by atoms with van der Waals surface area (Å²) in [6, 6.07) is 8.03.